The molecule has 8 heteroatoms. The molecule has 6 nitrogen and oxygen atoms in total. The predicted molar refractivity (Wildman–Crippen MR) is 105 cm³/mol. The Hall–Kier alpha value is -3.06. The SMILES string of the molecule is Cn1ccnc1CN(Cc1ccc(F)cc1Cl)C(=O)Cc1ccc2c(c1)OCO2. The van der Waals surface area contributed by atoms with E-state index in [-0.39, 0.29) is 30.7 Å². The van der Waals surface area contributed by atoms with Gasteiger partial charge in [0.05, 0.1) is 13.0 Å². The number of ether oxygens (including phenoxy) is 2. The van der Waals surface area contributed by atoms with Crippen LogP contribution in [0.25, 0.3) is 0 Å². The summed E-state index contributed by atoms with van der Waals surface area (Å²) in [7, 11) is 1.87. The summed E-state index contributed by atoms with van der Waals surface area (Å²) in [5.74, 6) is 1.52. The summed E-state index contributed by atoms with van der Waals surface area (Å²) in [5, 5.41) is 0.283. The van der Waals surface area contributed by atoms with Gasteiger partial charge in [0, 0.05) is 31.0 Å². The number of fused-ring (bicyclic) bond motifs is 1. The molecule has 1 aliphatic rings. The first-order chi connectivity index (χ1) is 14.0. The van der Waals surface area contributed by atoms with Crippen molar-refractivity contribution in [1.82, 2.24) is 14.5 Å². The van der Waals surface area contributed by atoms with Crippen molar-refractivity contribution in [1.29, 1.82) is 0 Å². The Morgan fingerprint density at radius 2 is 2.03 bits per heavy atom. The lowest BCUT2D eigenvalue weighted by atomic mass is 10.1. The van der Waals surface area contributed by atoms with E-state index in [4.69, 9.17) is 21.1 Å². The Morgan fingerprint density at radius 3 is 2.79 bits per heavy atom. The van der Waals surface area contributed by atoms with Gasteiger partial charge in [-0.15, -0.1) is 0 Å². The fourth-order valence-electron chi connectivity index (χ4n) is 3.14. The van der Waals surface area contributed by atoms with Crippen molar-refractivity contribution < 1.29 is 18.7 Å². The van der Waals surface area contributed by atoms with Gasteiger partial charge in [0.15, 0.2) is 11.5 Å². The molecule has 0 aliphatic carbocycles. The fraction of sp³-hybridized carbons (Fsp3) is 0.238. The van der Waals surface area contributed by atoms with Crippen LogP contribution in [-0.4, -0.2) is 27.2 Å². The van der Waals surface area contributed by atoms with Crippen LogP contribution in [0, 0.1) is 5.82 Å². The molecular formula is C21H19ClFN3O3. The quantitative estimate of drug-likeness (QED) is 0.615. The molecule has 0 saturated heterocycles. The van der Waals surface area contributed by atoms with Crippen molar-refractivity contribution in [2.75, 3.05) is 6.79 Å². The summed E-state index contributed by atoms with van der Waals surface area (Å²) < 4.78 is 26.0. The van der Waals surface area contributed by atoms with E-state index in [9.17, 15) is 9.18 Å². The molecule has 0 fully saturated rings. The highest BCUT2D eigenvalue weighted by atomic mass is 35.5. The van der Waals surface area contributed by atoms with Crippen molar-refractivity contribution in [3.8, 4) is 11.5 Å². The Morgan fingerprint density at radius 1 is 1.21 bits per heavy atom. The molecule has 2 heterocycles. The molecule has 0 N–H and O–H groups in total. The normalized spacial score (nSPS) is 12.2. The van der Waals surface area contributed by atoms with Crippen LogP contribution in [-0.2, 0) is 31.4 Å². The molecule has 1 aromatic heterocycles. The van der Waals surface area contributed by atoms with Gasteiger partial charge in [0.25, 0.3) is 0 Å². The summed E-state index contributed by atoms with van der Waals surface area (Å²) in [6.07, 6.45) is 3.68. The fourth-order valence-corrected chi connectivity index (χ4v) is 3.37. The maximum absolute atomic E-state index is 13.4. The van der Waals surface area contributed by atoms with Crippen LogP contribution >= 0.6 is 11.6 Å². The Labute approximate surface area is 172 Å². The second-order valence-electron chi connectivity index (χ2n) is 6.80. The van der Waals surface area contributed by atoms with Gasteiger partial charge in [-0.05, 0) is 35.4 Å². The van der Waals surface area contributed by atoms with Crippen molar-refractivity contribution >= 4 is 17.5 Å². The summed E-state index contributed by atoms with van der Waals surface area (Å²) >= 11 is 6.19. The minimum Gasteiger partial charge on any atom is -0.454 e. The molecule has 0 unspecified atom stereocenters. The third-order valence-electron chi connectivity index (χ3n) is 4.77. The van der Waals surface area contributed by atoms with E-state index in [1.165, 1.54) is 12.1 Å². The highest BCUT2D eigenvalue weighted by Crippen LogP contribution is 2.32. The van der Waals surface area contributed by atoms with Gasteiger partial charge in [0.2, 0.25) is 12.7 Å². The lowest BCUT2D eigenvalue weighted by Gasteiger charge is -2.23. The minimum absolute atomic E-state index is 0.104. The molecule has 0 bridgehead atoms. The minimum atomic E-state index is -0.416. The van der Waals surface area contributed by atoms with Gasteiger partial charge in [-0.3, -0.25) is 4.79 Å². The van der Waals surface area contributed by atoms with Crippen molar-refractivity contribution in [2.45, 2.75) is 19.5 Å². The first-order valence-electron chi connectivity index (χ1n) is 9.06. The van der Waals surface area contributed by atoms with Crippen LogP contribution in [0.1, 0.15) is 17.0 Å². The van der Waals surface area contributed by atoms with Crippen LogP contribution in [0.2, 0.25) is 5.02 Å². The maximum atomic E-state index is 13.4. The molecule has 0 atom stereocenters. The summed E-state index contributed by atoms with van der Waals surface area (Å²) in [5.41, 5.74) is 1.48. The standard InChI is InChI=1S/C21H19ClFN3O3/c1-25-7-6-24-20(25)12-26(11-15-3-4-16(23)10-17(15)22)21(27)9-14-2-5-18-19(8-14)29-13-28-18/h2-8,10H,9,11-13H2,1H3. The zero-order valence-corrected chi connectivity index (χ0v) is 16.5. The van der Waals surface area contributed by atoms with E-state index in [0.717, 1.165) is 11.4 Å². The average molecular weight is 416 g/mol. The van der Waals surface area contributed by atoms with Crippen LogP contribution in [0.15, 0.2) is 48.8 Å². The third kappa shape index (κ3) is 4.35. The van der Waals surface area contributed by atoms with Gasteiger partial charge < -0.3 is 18.9 Å². The van der Waals surface area contributed by atoms with Gasteiger partial charge >= 0.3 is 0 Å². The molecule has 0 spiro atoms. The number of carbonyl (C=O) groups excluding carboxylic acids is 1. The summed E-state index contributed by atoms with van der Waals surface area (Å²) in [6, 6.07) is 9.63. The second kappa shape index (κ2) is 8.13. The van der Waals surface area contributed by atoms with Gasteiger partial charge in [-0.25, -0.2) is 9.37 Å². The maximum Gasteiger partial charge on any atom is 0.231 e. The van der Waals surface area contributed by atoms with E-state index in [1.807, 2.05) is 29.9 Å². The largest absolute Gasteiger partial charge is 0.454 e. The molecule has 29 heavy (non-hydrogen) atoms. The molecule has 4 rings (SSSR count). The molecule has 1 amide bonds. The number of benzene rings is 2. The van der Waals surface area contributed by atoms with E-state index < -0.39 is 5.82 Å². The highest BCUT2D eigenvalue weighted by Gasteiger charge is 2.20. The third-order valence-corrected chi connectivity index (χ3v) is 5.13. The van der Waals surface area contributed by atoms with Crippen LogP contribution < -0.4 is 9.47 Å². The lowest BCUT2D eigenvalue weighted by Crippen LogP contribution is -2.32. The van der Waals surface area contributed by atoms with Crippen LogP contribution in [0.5, 0.6) is 11.5 Å². The zero-order valence-electron chi connectivity index (χ0n) is 15.8. The molecule has 1 aliphatic heterocycles. The molecule has 0 radical (unpaired) electrons. The van der Waals surface area contributed by atoms with E-state index in [0.29, 0.717) is 23.6 Å². The lowest BCUT2D eigenvalue weighted by molar-refractivity contribution is -0.131. The number of hydrogen-bond acceptors (Lipinski definition) is 4. The molecular weight excluding hydrogens is 397 g/mol. The second-order valence-corrected chi connectivity index (χ2v) is 7.21. The number of amides is 1. The van der Waals surface area contributed by atoms with Crippen molar-refractivity contribution in [2.24, 2.45) is 7.05 Å². The number of aryl methyl sites for hydroxylation is 1. The Balaban J connectivity index is 1.56. The number of aromatic nitrogens is 2. The smallest absolute Gasteiger partial charge is 0.231 e. The molecule has 3 aromatic rings. The number of imidazole rings is 1. The predicted octanol–water partition coefficient (Wildman–Crippen LogP) is 3.71. The molecule has 2 aromatic carbocycles. The summed E-state index contributed by atoms with van der Waals surface area (Å²) in [6.45, 7) is 0.733. The Kier molecular flexibility index (Phi) is 5.40. The van der Waals surface area contributed by atoms with E-state index >= 15 is 0 Å². The number of nitrogens with zero attached hydrogens (tertiary/aromatic N) is 3. The first-order valence-corrected chi connectivity index (χ1v) is 9.44. The highest BCUT2D eigenvalue weighted by molar-refractivity contribution is 6.31. The van der Waals surface area contributed by atoms with E-state index in [2.05, 4.69) is 4.98 Å². The van der Waals surface area contributed by atoms with Crippen molar-refractivity contribution in [3.05, 3.63) is 76.6 Å². The zero-order chi connectivity index (χ0) is 20.4. The number of hydrogen-bond donors (Lipinski definition) is 0. The number of carbonyl (C=O) groups is 1. The van der Waals surface area contributed by atoms with Crippen molar-refractivity contribution in [3.63, 3.8) is 0 Å². The first kappa shape index (κ1) is 19.3. The van der Waals surface area contributed by atoms with Gasteiger partial charge in [-0.1, -0.05) is 23.7 Å². The van der Waals surface area contributed by atoms with E-state index in [1.54, 1.807) is 23.2 Å². The average Bonchev–Trinajstić information content (AvgIpc) is 3.31. The number of halogens is 2. The molecule has 150 valence electrons. The topological polar surface area (TPSA) is 56.6 Å². The van der Waals surface area contributed by atoms with Crippen LogP contribution in [0.4, 0.5) is 4.39 Å². The monoisotopic (exact) mass is 415 g/mol. The summed E-state index contributed by atoms with van der Waals surface area (Å²) in [4.78, 5) is 19.1. The van der Waals surface area contributed by atoms with Crippen LogP contribution in [0.3, 0.4) is 0 Å². The Bertz CT molecular complexity index is 1050. The molecule has 0 saturated carbocycles. The van der Waals surface area contributed by atoms with Gasteiger partial charge in [0.1, 0.15) is 11.6 Å². The number of rotatable bonds is 6. The van der Waals surface area contributed by atoms with Gasteiger partial charge in [-0.2, -0.15) is 0 Å².